The molecule has 0 spiro atoms. The van der Waals surface area contributed by atoms with Gasteiger partial charge in [0.25, 0.3) is 0 Å². The minimum Gasteiger partial charge on any atom is -0.481 e. The lowest BCUT2D eigenvalue weighted by Gasteiger charge is -2.17. The molecule has 0 atom stereocenters. The molecule has 6 heteroatoms. The van der Waals surface area contributed by atoms with Crippen molar-refractivity contribution in [2.24, 2.45) is 5.92 Å². The van der Waals surface area contributed by atoms with Crippen molar-refractivity contribution in [3.05, 3.63) is 64.2 Å². The molecule has 0 bridgehead atoms. The number of carbonyl (C=O) groups is 1. The van der Waals surface area contributed by atoms with Gasteiger partial charge in [-0.2, -0.15) is 0 Å². The average molecular weight is 462 g/mol. The van der Waals surface area contributed by atoms with E-state index in [1.54, 1.807) is 11.3 Å². The minimum absolute atomic E-state index is 0.0210. The lowest BCUT2D eigenvalue weighted by atomic mass is 9.89. The smallest absolute Gasteiger partial charge is 0.307 e. The van der Waals surface area contributed by atoms with Crippen molar-refractivity contribution in [3.8, 4) is 10.7 Å². The van der Waals surface area contributed by atoms with Crippen LogP contribution in [0.1, 0.15) is 60.7 Å². The number of anilines is 2. The van der Waals surface area contributed by atoms with Crippen LogP contribution >= 0.6 is 11.3 Å². The van der Waals surface area contributed by atoms with Crippen molar-refractivity contribution in [1.82, 2.24) is 9.97 Å². The van der Waals surface area contributed by atoms with E-state index in [0.717, 1.165) is 45.4 Å². The summed E-state index contributed by atoms with van der Waals surface area (Å²) in [6, 6.07) is 11.7. The maximum absolute atomic E-state index is 10.9. The first-order chi connectivity index (χ1) is 16.0. The molecule has 2 aromatic heterocycles. The van der Waals surface area contributed by atoms with Gasteiger partial charge in [0, 0.05) is 21.8 Å². The standard InChI is InChI=1S/C27H31N3O2S/c1-3-23-18(2)28-27(24-16-15-22(33-24)14-11-19-7-5-4-6-8-19)30-26(23)29-21-12-9-20(10-13-21)17-25(31)32/h9-16,19H,3-8,17H2,1-2H3,(H,31,32)(H,28,29,30). The zero-order valence-corrected chi connectivity index (χ0v) is 20.1. The summed E-state index contributed by atoms with van der Waals surface area (Å²) in [5.74, 6) is 1.42. The number of rotatable bonds is 8. The van der Waals surface area contributed by atoms with Crippen molar-refractivity contribution in [3.63, 3.8) is 0 Å². The molecular weight excluding hydrogens is 430 g/mol. The summed E-state index contributed by atoms with van der Waals surface area (Å²) >= 11 is 1.72. The lowest BCUT2D eigenvalue weighted by Crippen LogP contribution is -2.05. The maximum atomic E-state index is 10.9. The van der Waals surface area contributed by atoms with Crippen LogP contribution in [0.15, 0.2) is 42.5 Å². The summed E-state index contributed by atoms with van der Waals surface area (Å²) in [5.41, 5.74) is 3.71. The molecule has 1 aliphatic carbocycles. The van der Waals surface area contributed by atoms with Gasteiger partial charge in [-0.15, -0.1) is 11.3 Å². The first-order valence-corrected chi connectivity index (χ1v) is 12.6. The molecule has 4 rings (SSSR count). The third-order valence-corrected chi connectivity index (χ3v) is 7.22. The first kappa shape index (κ1) is 23.2. The molecule has 5 nitrogen and oxygen atoms in total. The predicted octanol–water partition coefficient (Wildman–Crippen LogP) is 7.04. The Labute approximate surface area is 199 Å². The van der Waals surface area contributed by atoms with Crippen LogP contribution in [0.2, 0.25) is 0 Å². The number of thiophene rings is 1. The Kier molecular flexibility index (Phi) is 7.55. The topological polar surface area (TPSA) is 75.1 Å². The fourth-order valence-electron chi connectivity index (χ4n) is 4.37. The van der Waals surface area contributed by atoms with Gasteiger partial charge in [-0.1, -0.05) is 44.4 Å². The van der Waals surface area contributed by atoms with Crippen LogP contribution in [0.3, 0.4) is 0 Å². The van der Waals surface area contributed by atoms with Gasteiger partial charge in [-0.05, 0) is 68.0 Å². The Morgan fingerprint density at radius 2 is 1.88 bits per heavy atom. The number of aryl methyl sites for hydroxylation is 1. The third-order valence-electron chi connectivity index (χ3n) is 6.17. The Bertz CT molecular complexity index is 1130. The van der Waals surface area contributed by atoms with Crippen LogP contribution < -0.4 is 5.32 Å². The summed E-state index contributed by atoms with van der Waals surface area (Å²) in [5, 5.41) is 12.4. The van der Waals surface area contributed by atoms with Crippen molar-refractivity contribution >= 4 is 34.9 Å². The Hall–Kier alpha value is -2.99. The van der Waals surface area contributed by atoms with E-state index >= 15 is 0 Å². The number of allylic oxidation sites excluding steroid dienone is 1. The molecule has 33 heavy (non-hydrogen) atoms. The van der Waals surface area contributed by atoms with Gasteiger partial charge in [0.05, 0.1) is 11.3 Å². The van der Waals surface area contributed by atoms with E-state index in [1.165, 1.54) is 37.0 Å². The molecule has 0 amide bonds. The second-order valence-corrected chi connectivity index (χ2v) is 9.78. The van der Waals surface area contributed by atoms with Crippen LogP contribution in [0.5, 0.6) is 0 Å². The van der Waals surface area contributed by atoms with E-state index in [9.17, 15) is 4.79 Å². The number of hydrogen-bond acceptors (Lipinski definition) is 5. The van der Waals surface area contributed by atoms with Crippen LogP contribution in [0, 0.1) is 12.8 Å². The van der Waals surface area contributed by atoms with Gasteiger partial charge in [0.15, 0.2) is 5.82 Å². The number of hydrogen-bond donors (Lipinski definition) is 2. The van der Waals surface area contributed by atoms with Gasteiger partial charge in [-0.25, -0.2) is 9.97 Å². The van der Waals surface area contributed by atoms with Crippen LogP contribution in [-0.2, 0) is 17.6 Å². The molecule has 2 N–H and O–H groups in total. The van der Waals surface area contributed by atoms with Gasteiger partial charge in [-0.3, -0.25) is 4.79 Å². The molecule has 1 saturated carbocycles. The normalized spacial score (nSPS) is 14.6. The highest BCUT2D eigenvalue weighted by Gasteiger charge is 2.14. The summed E-state index contributed by atoms with van der Waals surface area (Å²) in [4.78, 5) is 22.9. The van der Waals surface area contributed by atoms with Crippen molar-refractivity contribution in [2.75, 3.05) is 5.32 Å². The minimum atomic E-state index is -0.830. The largest absolute Gasteiger partial charge is 0.481 e. The summed E-state index contributed by atoms with van der Waals surface area (Å²) in [6.45, 7) is 4.13. The van der Waals surface area contributed by atoms with E-state index in [-0.39, 0.29) is 6.42 Å². The highest BCUT2D eigenvalue weighted by Crippen LogP contribution is 2.31. The number of carboxylic acids is 1. The molecule has 0 radical (unpaired) electrons. The molecule has 1 aromatic carbocycles. The lowest BCUT2D eigenvalue weighted by molar-refractivity contribution is -0.136. The van der Waals surface area contributed by atoms with E-state index in [4.69, 9.17) is 15.1 Å². The highest BCUT2D eigenvalue weighted by molar-refractivity contribution is 7.16. The fraction of sp³-hybridized carbons (Fsp3) is 0.370. The zero-order valence-electron chi connectivity index (χ0n) is 19.3. The van der Waals surface area contributed by atoms with Crippen molar-refractivity contribution in [1.29, 1.82) is 0 Å². The quantitative estimate of drug-likeness (QED) is 0.376. The number of aromatic nitrogens is 2. The van der Waals surface area contributed by atoms with E-state index < -0.39 is 5.97 Å². The SMILES string of the molecule is CCc1c(C)nc(-c2ccc(C=CC3CCCCC3)s2)nc1Nc1ccc(CC(=O)O)cc1. The monoisotopic (exact) mass is 461 g/mol. The highest BCUT2D eigenvalue weighted by atomic mass is 32.1. The van der Waals surface area contributed by atoms with E-state index in [1.807, 2.05) is 31.2 Å². The second-order valence-electron chi connectivity index (χ2n) is 8.66. The van der Waals surface area contributed by atoms with E-state index in [0.29, 0.717) is 5.92 Å². The number of aliphatic carboxylic acids is 1. The average Bonchev–Trinajstić information content (AvgIpc) is 3.28. The van der Waals surface area contributed by atoms with Crippen molar-refractivity contribution < 1.29 is 9.90 Å². The van der Waals surface area contributed by atoms with Gasteiger partial charge in [0.1, 0.15) is 5.82 Å². The number of carboxylic acid groups (broad SMARTS) is 1. The van der Waals surface area contributed by atoms with Gasteiger partial charge in [0.2, 0.25) is 0 Å². The molecule has 1 aliphatic rings. The summed E-state index contributed by atoms with van der Waals surface area (Å²) < 4.78 is 0. The maximum Gasteiger partial charge on any atom is 0.307 e. The van der Waals surface area contributed by atoms with Crippen LogP contribution in [0.4, 0.5) is 11.5 Å². The Balaban J connectivity index is 1.54. The second kappa shape index (κ2) is 10.8. The molecule has 1 fully saturated rings. The molecule has 3 aromatic rings. The molecule has 2 heterocycles. The molecule has 0 unspecified atom stereocenters. The Morgan fingerprint density at radius 3 is 2.58 bits per heavy atom. The van der Waals surface area contributed by atoms with E-state index in [2.05, 4.69) is 36.5 Å². The molecule has 0 aliphatic heterocycles. The summed E-state index contributed by atoms with van der Waals surface area (Å²) in [6.07, 6.45) is 12.2. The first-order valence-electron chi connectivity index (χ1n) is 11.8. The number of nitrogens with zero attached hydrogens (tertiary/aromatic N) is 2. The summed E-state index contributed by atoms with van der Waals surface area (Å²) in [7, 11) is 0. The molecule has 0 saturated heterocycles. The predicted molar refractivity (Wildman–Crippen MR) is 136 cm³/mol. The van der Waals surface area contributed by atoms with Gasteiger partial charge >= 0.3 is 5.97 Å². The van der Waals surface area contributed by atoms with Gasteiger partial charge < -0.3 is 10.4 Å². The zero-order chi connectivity index (χ0) is 23.2. The van der Waals surface area contributed by atoms with Crippen LogP contribution in [0.25, 0.3) is 16.8 Å². The van der Waals surface area contributed by atoms with Crippen molar-refractivity contribution in [2.45, 2.75) is 58.8 Å². The fourth-order valence-corrected chi connectivity index (χ4v) is 5.23. The molecule has 172 valence electrons. The Morgan fingerprint density at radius 1 is 1.12 bits per heavy atom. The number of benzene rings is 1. The third kappa shape index (κ3) is 6.08. The molecular formula is C27H31N3O2S. The van der Waals surface area contributed by atoms with Crippen LogP contribution in [-0.4, -0.2) is 21.0 Å². The number of nitrogens with one attached hydrogen (secondary N) is 1.